The highest BCUT2D eigenvalue weighted by molar-refractivity contribution is 7.90. The second-order valence-corrected chi connectivity index (χ2v) is 19.2. The van der Waals surface area contributed by atoms with Crippen LogP contribution < -0.4 is 9.46 Å². The first-order valence-corrected chi connectivity index (χ1v) is 21.6. The maximum atomic E-state index is 14.7. The van der Waals surface area contributed by atoms with Crippen molar-refractivity contribution < 1.29 is 37.1 Å². The summed E-state index contributed by atoms with van der Waals surface area (Å²) < 4.78 is 40.2. The van der Waals surface area contributed by atoms with E-state index in [2.05, 4.69) is 35.6 Å². The number of allylic oxidation sites excluding steroid dienone is 1. The van der Waals surface area contributed by atoms with Gasteiger partial charge in [-0.2, -0.15) is 0 Å². The highest BCUT2D eigenvalue weighted by Crippen LogP contribution is 2.57. The molecule has 1 N–H and O–H groups in total. The maximum Gasteiger partial charge on any atom is 0.306 e. The molecule has 3 aromatic rings. The van der Waals surface area contributed by atoms with Gasteiger partial charge in [-0.15, -0.1) is 6.58 Å². The summed E-state index contributed by atoms with van der Waals surface area (Å²) in [6.07, 6.45) is 7.98. The van der Waals surface area contributed by atoms with E-state index >= 15 is 0 Å². The number of sulfonamides is 1. The van der Waals surface area contributed by atoms with Crippen LogP contribution >= 0.6 is 0 Å². The van der Waals surface area contributed by atoms with E-state index < -0.39 is 62.0 Å². The van der Waals surface area contributed by atoms with E-state index in [1.165, 1.54) is 4.90 Å². The van der Waals surface area contributed by atoms with Gasteiger partial charge in [0, 0.05) is 24.4 Å². The number of fused-ring (bicyclic) bond motifs is 3. The number of Topliss-reactive ketones (excluding diaryl/α,β-unsaturated/α-hetero) is 1. The molecule has 1 saturated heterocycles. The SMILES string of the molecule is C=C[C@@H]1C[C@]1(CC(=O)[C@@H]1C[C@@H]2CN1C(=O)[C@H](C(C)(C)C)CC(=O)OCCCCCCc1cc(-c3ccccc3)c3ccnc(c3c1)O2)C(=O)NS(=O)(=O)C1CC1. The Morgan fingerprint density at radius 2 is 1.79 bits per heavy atom. The fourth-order valence-corrected chi connectivity index (χ4v) is 9.86. The van der Waals surface area contributed by atoms with Crippen molar-refractivity contribution in [2.75, 3.05) is 13.2 Å². The predicted molar refractivity (Wildman–Crippen MR) is 213 cm³/mol. The Labute approximate surface area is 329 Å². The second-order valence-electron chi connectivity index (χ2n) is 17.2. The van der Waals surface area contributed by atoms with Gasteiger partial charge in [-0.05, 0) is 84.1 Å². The van der Waals surface area contributed by atoms with Crippen molar-refractivity contribution in [3.8, 4) is 17.0 Å². The summed E-state index contributed by atoms with van der Waals surface area (Å²) in [5.41, 5.74) is 1.31. The fraction of sp³-hybridized carbons (Fsp3) is 0.523. The third kappa shape index (κ3) is 8.40. The number of cyclic esters (lactones) is 1. The minimum Gasteiger partial charge on any atom is -0.472 e. The van der Waals surface area contributed by atoms with E-state index in [9.17, 15) is 27.6 Å². The van der Waals surface area contributed by atoms with Gasteiger partial charge in [-0.1, -0.05) is 76.1 Å². The van der Waals surface area contributed by atoms with Crippen LogP contribution in [0.1, 0.15) is 90.5 Å². The molecule has 56 heavy (non-hydrogen) atoms. The van der Waals surface area contributed by atoms with Crippen LogP contribution in [-0.4, -0.2) is 72.4 Å². The number of ether oxygens (including phenoxy) is 2. The van der Waals surface area contributed by atoms with E-state index in [0.29, 0.717) is 25.1 Å². The molecule has 0 spiro atoms. The van der Waals surface area contributed by atoms with Gasteiger partial charge in [-0.3, -0.25) is 23.9 Å². The Morgan fingerprint density at radius 3 is 2.48 bits per heavy atom. The Bertz CT molecular complexity index is 2130. The third-order valence-corrected chi connectivity index (χ3v) is 13.9. The van der Waals surface area contributed by atoms with Gasteiger partial charge >= 0.3 is 5.97 Å². The van der Waals surface area contributed by atoms with Crippen LogP contribution in [0.4, 0.5) is 0 Å². The number of pyridine rings is 1. The highest BCUT2D eigenvalue weighted by Gasteiger charge is 2.61. The lowest BCUT2D eigenvalue weighted by atomic mass is 9.77. The van der Waals surface area contributed by atoms with Crippen LogP contribution in [-0.2, 0) is 40.4 Å². The van der Waals surface area contributed by atoms with Crippen molar-refractivity contribution >= 4 is 44.4 Å². The molecule has 0 unspecified atom stereocenters. The zero-order valence-electron chi connectivity index (χ0n) is 32.6. The molecule has 2 saturated carbocycles. The Kier molecular flexibility index (Phi) is 11.2. The van der Waals surface area contributed by atoms with Gasteiger partial charge in [0.05, 0.1) is 42.2 Å². The number of aryl methyl sites for hydroxylation is 1. The van der Waals surface area contributed by atoms with Crippen molar-refractivity contribution in [3.63, 3.8) is 0 Å². The smallest absolute Gasteiger partial charge is 0.306 e. The molecule has 5 atom stereocenters. The lowest BCUT2D eigenvalue weighted by Gasteiger charge is -2.34. The molecule has 2 amide bonds. The molecule has 11 nitrogen and oxygen atoms in total. The van der Waals surface area contributed by atoms with Crippen LogP contribution in [0.15, 0.2) is 67.4 Å². The Morgan fingerprint density at radius 1 is 1.04 bits per heavy atom. The van der Waals surface area contributed by atoms with Crippen molar-refractivity contribution in [2.24, 2.45) is 22.7 Å². The molecule has 2 aromatic carbocycles. The molecule has 0 radical (unpaired) electrons. The monoisotopic (exact) mass is 783 g/mol. The van der Waals surface area contributed by atoms with Gasteiger partial charge in [0.1, 0.15) is 6.10 Å². The number of hydrogen-bond donors (Lipinski definition) is 1. The first-order valence-electron chi connectivity index (χ1n) is 20.0. The highest BCUT2D eigenvalue weighted by atomic mass is 32.2. The molecule has 4 aliphatic rings. The van der Waals surface area contributed by atoms with Crippen LogP contribution in [0, 0.1) is 22.7 Å². The van der Waals surface area contributed by atoms with Gasteiger partial charge in [0.15, 0.2) is 5.78 Å². The summed E-state index contributed by atoms with van der Waals surface area (Å²) in [6, 6.07) is 15.5. The number of hydrogen-bond acceptors (Lipinski definition) is 9. The predicted octanol–water partition coefficient (Wildman–Crippen LogP) is 6.72. The minimum atomic E-state index is -3.85. The number of aromatic nitrogens is 1. The molecule has 2 aliphatic heterocycles. The normalized spacial score (nSPS) is 26.4. The van der Waals surface area contributed by atoms with Gasteiger partial charge in [0.2, 0.25) is 27.7 Å². The quantitative estimate of drug-likeness (QED) is 0.194. The largest absolute Gasteiger partial charge is 0.472 e. The molecular weight excluding hydrogens is 731 g/mol. The van der Waals surface area contributed by atoms with Gasteiger partial charge < -0.3 is 14.4 Å². The number of nitrogens with one attached hydrogen (secondary N) is 1. The van der Waals surface area contributed by atoms with Crippen molar-refractivity contribution in [2.45, 2.75) is 109 Å². The zero-order valence-corrected chi connectivity index (χ0v) is 33.4. The molecular formula is C44H53N3O8S. The number of esters is 1. The average Bonchev–Trinajstić information content (AvgIpc) is 4.09. The van der Waals surface area contributed by atoms with Crippen molar-refractivity contribution in [1.82, 2.24) is 14.6 Å². The Balaban J connectivity index is 1.25. The van der Waals surface area contributed by atoms with E-state index in [4.69, 9.17) is 14.5 Å². The summed E-state index contributed by atoms with van der Waals surface area (Å²) in [6.45, 7) is 9.83. The zero-order chi connectivity index (χ0) is 39.8. The summed E-state index contributed by atoms with van der Waals surface area (Å²) in [5.74, 6) is -2.72. The number of carbonyl (C=O) groups excluding carboxylic acids is 4. The summed E-state index contributed by atoms with van der Waals surface area (Å²) >= 11 is 0. The molecule has 3 fully saturated rings. The number of amides is 2. The summed E-state index contributed by atoms with van der Waals surface area (Å²) in [5, 5.41) is 1.20. The molecule has 2 aliphatic carbocycles. The molecule has 4 bridgehead atoms. The van der Waals surface area contributed by atoms with Crippen LogP contribution in [0.5, 0.6) is 5.88 Å². The van der Waals surface area contributed by atoms with Crippen molar-refractivity contribution in [3.05, 3.63) is 72.9 Å². The summed E-state index contributed by atoms with van der Waals surface area (Å²) in [4.78, 5) is 62.3. The fourth-order valence-electron chi connectivity index (χ4n) is 8.47. The average molecular weight is 784 g/mol. The Hall–Kier alpha value is -4.58. The van der Waals surface area contributed by atoms with Crippen LogP contribution in [0.3, 0.4) is 0 Å². The van der Waals surface area contributed by atoms with E-state index in [1.807, 2.05) is 45.0 Å². The van der Waals surface area contributed by atoms with E-state index in [0.717, 1.165) is 53.1 Å². The lowest BCUT2D eigenvalue weighted by molar-refractivity contribution is -0.153. The van der Waals surface area contributed by atoms with Gasteiger partial charge in [-0.25, -0.2) is 13.4 Å². The number of nitrogens with zero attached hydrogens (tertiary/aromatic N) is 2. The van der Waals surface area contributed by atoms with E-state index in [-0.39, 0.29) is 50.5 Å². The summed E-state index contributed by atoms with van der Waals surface area (Å²) in [7, 11) is -3.85. The van der Waals surface area contributed by atoms with Crippen LogP contribution in [0.2, 0.25) is 0 Å². The molecule has 7 rings (SSSR count). The maximum absolute atomic E-state index is 14.7. The number of benzene rings is 2. The number of ketones is 1. The molecule has 298 valence electrons. The first kappa shape index (κ1) is 39.6. The standard InChI is InChI=1S/C44H53N3O8S/c1-5-30-25-44(30,42(51)46-56(52,53)32-16-17-32)26-38(48)37-23-31-27-47(37)41(50)36(43(2,3)4)24-39(49)54-20-12-7-6-9-13-28-21-34(29-14-10-8-11-15-29)33-18-19-45-40(55-31)35(33)22-28/h5,8,10-11,14-15,18-19,21-22,30-32,36-37H,1,6-7,9,12-13,16-17,20,23-27H2,2-4H3,(H,46,51)/t30-,31-,36-,37+,44-/m1/s1. The van der Waals surface area contributed by atoms with Crippen molar-refractivity contribution in [1.29, 1.82) is 0 Å². The molecule has 12 heteroatoms. The van der Waals surface area contributed by atoms with Gasteiger partial charge in [0.25, 0.3) is 0 Å². The second kappa shape index (κ2) is 15.8. The first-order chi connectivity index (χ1) is 26.7. The van der Waals surface area contributed by atoms with E-state index in [1.54, 1.807) is 12.3 Å². The molecule has 3 heterocycles. The number of carbonyl (C=O) groups is 4. The minimum absolute atomic E-state index is 0.0559. The lowest BCUT2D eigenvalue weighted by Crippen LogP contribution is -2.48. The third-order valence-electron chi connectivity index (χ3n) is 12.1. The molecule has 1 aromatic heterocycles. The number of rotatable bonds is 8. The van der Waals surface area contributed by atoms with Crippen LogP contribution in [0.25, 0.3) is 21.9 Å². The topological polar surface area (TPSA) is 149 Å².